The van der Waals surface area contributed by atoms with Crippen LogP contribution in [0.25, 0.3) is 11.3 Å². The van der Waals surface area contributed by atoms with E-state index in [0.29, 0.717) is 5.56 Å². The van der Waals surface area contributed by atoms with Gasteiger partial charge in [0.1, 0.15) is 0 Å². The van der Waals surface area contributed by atoms with Gasteiger partial charge in [-0.25, -0.2) is 4.98 Å². The first-order chi connectivity index (χ1) is 6.77. The zero-order valence-corrected chi connectivity index (χ0v) is 7.40. The molecule has 3 N–H and O–H groups in total. The Kier molecular flexibility index (Phi) is 2.02. The van der Waals surface area contributed by atoms with Crippen molar-refractivity contribution in [1.29, 1.82) is 0 Å². The zero-order chi connectivity index (χ0) is 9.97. The highest BCUT2D eigenvalue weighted by Crippen LogP contribution is 2.15. The first kappa shape index (κ1) is 8.50. The third kappa shape index (κ3) is 1.50. The quantitative estimate of drug-likeness (QED) is 0.740. The Morgan fingerprint density at radius 2 is 2.00 bits per heavy atom. The normalized spacial score (nSPS) is 10.0. The molecule has 0 spiro atoms. The van der Waals surface area contributed by atoms with Gasteiger partial charge >= 0.3 is 0 Å². The van der Waals surface area contributed by atoms with E-state index in [4.69, 9.17) is 5.73 Å². The lowest BCUT2D eigenvalue weighted by Gasteiger charge is -1.97. The van der Waals surface area contributed by atoms with Gasteiger partial charge in [0.25, 0.3) is 0 Å². The summed E-state index contributed by atoms with van der Waals surface area (Å²) >= 11 is 0. The summed E-state index contributed by atoms with van der Waals surface area (Å²) in [5.41, 5.74) is 7.43. The van der Waals surface area contributed by atoms with Crippen LogP contribution in [0.1, 0.15) is 10.4 Å². The molecule has 4 heteroatoms. The third-order valence-corrected chi connectivity index (χ3v) is 1.96. The van der Waals surface area contributed by atoms with Crippen LogP contribution in [0.4, 0.5) is 0 Å². The Morgan fingerprint density at radius 3 is 2.50 bits per heavy atom. The smallest absolute Gasteiger partial charge is 0.248 e. The summed E-state index contributed by atoms with van der Waals surface area (Å²) in [5, 5.41) is 0. The fraction of sp³-hybridized carbons (Fsp3) is 0. The second-order valence-corrected chi connectivity index (χ2v) is 2.90. The van der Waals surface area contributed by atoms with Crippen molar-refractivity contribution < 1.29 is 4.79 Å². The minimum atomic E-state index is -0.418. The number of aromatic nitrogens is 2. The minimum absolute atomic E-state index is 0.418. The number of H-pyrrole nitrogens is 1. The molecule has 0 bridgehead atoms. The molecule has 1 amide bonds. The predicted octanol–water partition coefficient (Wildman–Crippen LogP) is 1.18. The molecule has 0 aliphatic rings. The number of carbonyl (C=O) groups excluding carboxylic acids is 1. The van der Waals surface area contributed by atoms with Crippen molar-refractivity contribution in [1.82, 2.24) is 9.97 Å². The van der Waals surface area contributed by atoms with Crippen LogP contribution >= 0.6 is 0 Å². The maximum Gasteiger partial charge on any atom is 0.248 e. The van der Waals surface area contributed by atoms with Crippen LogP contribution < -0.4 is 5.73 Å². The van der Waals surface area contributed by atoms with Crippen molar-refractivity contribution in [3.63, 3.8) is 0 Å². The Bertz CT molecular complexity index is 431. The Hall–Kier alpha value is -2.10. The van der Waals surface area contributed by atoms with Crippen LogP contribution in [0.2, 0.25) is 0 Å². The lowest BCUT2D eigenvalue weighted by Crippen LogP contribution is -2.10. The van der Waals surface area contributed by atoms with Gasteiger partial charge in [-0.2, -0.15) is 0 Å². The van der Waals surface area contributed by atoms with Crippen LogP contribution in [-0.4, -0.2) is 15.9 Å². The highest BCUT2D eigenvalue weighted by Gasteiger charge is 2.01. The molecule has 70 valence electrons. The van der Waals surface area contributed by atoms with E-state index in [1.807, 2.05) is 12.1 Å². The number of hydrogen-bond acceptors (Lipinski definition) is 2. The van der Waals surface area contributed by atoms with E-state index < -0.39 is 5.91 Å². The summed E-state index contributed by atoms with van der Waals surface area (Å²) in [6, 6.07) is 7.01. The highest BCUT2D eigenvalue weighted by molar-refractivity contribution is 5.93. The average molecular weight is 187 g/mol. The number of carbonyl (C=O) groups is 1. The van der Waals surface area contributed by atoms with Crippen molar-refractivity contribution in [2.24, 2.45) is 5.73 Å². The molecular weight excluding hydrogens is 178 g/mol. The molecule has 0 saturated carbocycles. The zero-order valence-electron chi connectivity index (χ0n) is 7.40. The van der Waals surface area contributed by atoms with Crippen molar-refractivity contribution in [3.05, 3.63) is 42.4 Å². The Balaban J connectivity index is 2.36. The fourth-order valence-electron chi connectivity index (χ4n) is 1.22. The van der Waals surface area contributed by atoms with Gasteiger partial charge in [-0.05, 0) is 12.1 Å². The number of hydrogen-bond donors (Lipinski definition) is 2. The van der Waals surface area contributed by atoms with Crippen molar-refractivity contribution in [3.8, 4) is 11.3 Å². The molecule has 0 aliphatic heterocycles. The molecule has 4 nitrogen and oxygen atoms in total. The fourth-order valence-corrected chi connectivity index (χ4v) is 1.22. The number of nitrogens with one attached hydrogen (secondary N) is 1. The highest BCUT2D eigenvalue weighted by atomic mass is 16.1. The standard InChI is InChI=1S/C10H9N3O/c11-10(14)8-3-1-7(2-4-8)9-5-12-6-13-9/h1-6H,(H2,11,14)(H,12,13). The summed E-state index contributed by atoms with van der Waals surface area (Å²) in [5.74, 6) is -0.418. The van der Waals surface area contributed by atoms with E-state index >= 15 is 0 Å². The van der Waals surface area contributed by atoms with E-state index in [1.54, 1.807) is 24.7 Å². The number of rotatable bonds is 2. The minimum Gasteiger partial charge on any atom is -0.366 e. The third-order valence-electron chi connectivity index (χ3n) is 1.96. The van der Waals surface area contributed by atoms with Crippen LogP contribution in [0, 0.1) is 0 Å². The number of aromatic amines is 1. The lowest BCUT2D eigenvalue weighted by molar-refractivity contribution is 0.100. The molecule has 1 aromatic carbocycles. The number of benzene rings is 1. The number of imidazole rings is 1. The molecule has 0 atom stereocenters. The van der Waals surface area contributed by atoms with Gasteiger partial charge in [-0.15, -0.1) is 0 Å². The largest absolute Gasteiger partial charge is 0.366 e. The number of primary amides is 1. The van der Waals surface area contributed by atoms with Crippen LogP contribution in [0.15, 0.2) is 36.8 Å². The van der Waals surface area contributed by atoms with Crippen molar-refractivity contribution >= 4 is 5.91 Å². The number of amides is 1. The average Bonchev–Trinajstić information content (AvgIpc) is 2.71. The second kappa shape index (κ2) is 3.33. The molecule has 1 heterocycles. The van der Waals surface area contributed by atoms with Crippen molar-refractivity contribution in [2.75, 3.05) is 0 Å². The molecule has 2 rings (SSSR count). The Morgan fingerprint density at radius 1 is 1.29 bits per heavy atom. The summed E-state index contributed by atoms with van der Waals surface area (Å²) < 4.78 is 0. The van der Waals surface area contributed by atoms with Gasteiger partial charge in [0.2, 0.25) is 5.91 Å². The molecular formula is C10H9N3O. The first-order valence-corrected chi connectivity index (χ1v) is 4.16. The molecule has 14 heavy (non-hydrogen) atoms. The Labute approximate surface area is 80.8 Å². The molecule has 0 aliphatic carbocycles. The molecule has 0 fully saturated rings. The second-order valence-electron chi connectivity index (χ2n) is 2.90. The predicted molar refractivity (Wildman–Crippen MR) is 52.5 cm³/mol. The summed E-state index contributed by atoms with van der Waals surface area (Å²) in [7, 11) is 0. The molecule has 1 aromatic heterocycles. The molecule has 0 unspecified atom stereocenters. The topological polar surface area (TPSA) is 71.8 Å². The maximum absolute atomic E-state index is 10.8. The maximum atomic E-state index is 10.8. The molecule has 2 aromatic rings. The molecule has 0 radical (unpaired) electrons. The van der Waals surface area contributed by atoms with Crippen LogP contribution in [0.5, 0.6) is 0 Å². The van der Waals surface area contributed by atoms with Gasteiger partial charge in [0, 0.05) is 17.3 Å². The first-order valence-electron chi connectivity index (χ1n) is 4.16. The van der Waals surface area contributed by atoms with E-state index in [-0.39, 0.29) is 0 Å². The monoisotopic (exact) mass is 187 g/mol. The number of nitrogens with two attached hydrogens (primary N) is 1. The van der Waals surface area contributed by atoms with Crippen LogP contribution in [0.3, 0.4) is 0 Å². The van der Waals surface area contributed by atoms with E-state index in [2.05, 4.69) is 9.97 Å². The lowest BCUT2D eigenvalue weighted by atomic mass is 10.1. The number of nitrogens with zero attached hydrogens (tertiary/aromatic N) is 1. The SMILES string of the molecule is NC(=O)c1ccc(-c2c[nH]cn2)cc1. The van der Waals surface area contributed by atoms with Gasteiger partial charge < -0.3 is 10.7 Å². The summed E-state index contributed by atoms with van der Waals surface area (Å²) in [6.45, 7) is 0. The van der Waals surface area contributed by atoms with Gasteiger partial charge in [-0.1, -0.05) is 12.1 Å². The van der Waals surface area contributed by atoms with Crippen molar-refractivity contribution in [2.45, 2.75) is 0 Å². The van der Waals surface area contributed by atoms with E-state index in [0.717, 1.165) is 11.3 Å². The summed E-state index contributed by atoms with van der Waals surface area (Å²) in [6.07, 6.45) is 3.40. The van der Waals surface area contributed by atoms with E-state index in [9.17, 15) is 4.79 Å². The van der Waals surface area contributed by atoms with E-state index in [1.165, 1.54) is 0 Å². The van der Waals surface area contributed by atoms with Gasteiger partial charge in [0.15, 0.2) is 0 Å². The van der Waals surface area contributed by atoms with Gasteiger partial charge in [-0.3, -0.25) is 4.79 Å². The van der Waals surface area contributed by atoms with Gasteiger partial charge in [0.05, 0.1) is 12.0 Å². The summed E-state index contributed by atoms with van der Waals surface area (Å²) in [4.78, 5) is 17.8. The molecule has 0 saturated heterocycles. The van der Waals surface area contributed by atoms with Crippen LogP contribution in [-0.2, 0) is 0 Å².